The SMILES string of the molecule is Cc1cc(Cl)cc(C)c1N=C(N)NC(N)=O. The van der Waals surface area contributed by atoms with E-state index in [1.54, 1.807) is 12.1 Å². The van der Waals surface area contributed by atoms with Gasteiger partial charge in [0.1, 0.15) is 0 Å². The number of carbonyl (C=O) groups is 1. The fraction of sp³-hybridized carbons (Fsp3) is 0.200. The summed E-state index contributed by atoms with van der Waals surface area (Å²) in [5.74, 6) is -0.0407. The number of hydrogen-bond acceptors (Lipinski definition) is 2. The van der Waals surface area contributed by atoms with Crippen LogP contribution in [0.15, 0.2) is 17.1 Å². The van der Waals surface area contributed by atoms with Gasteiger partial charge in [0.15, 0.2) is 0 Å². The van der Waals surface area contributed by atoms with Crippen LogP contribution in [0.2, 0.25) is 5.02 Å². The maximum Gasteiger partial charge on any atom is 0.318 e. The van der Waals surface area contributed by atoms with Crippen LogP contribution in [0.25, 0.3) is 0 Å². The number of aryl methyl sites for hydroxylation is 2. The number of benzene rings is 1. The first-order chi connectivity index (χ1) is 7.40. The normalized spacial score (nSPS) is 11.3. The van der Waals surface area contributed by atoms with E-state index in [-0.39, 0.29) is 5.96 Å². The molecule has 0 aliphatic rings. The second kappa shape index (κ2) is 4.85. The number of nitrogens with one attached hydrogen (secondary N) is 1. The van der Waals surface area contributed by atoms with Gasteiger partial charge in [-0.1, -0.05) is 11.6 Å². The first-order valence-corrected chi connectivity index (χ1v) is 4.95. The number of halogens is 1. The summed E-state index contributed by atoms with van der Waals surface area (Å²) in [7, 11) is 0. The van der Waals surface area contributed by atoms with Crippen molar-refractivity contribution in [3.63, 3.8) is 0 Å². The zero-order valence-electron chi connectivity index (χ0n) is 9.04. The molecule has 6 heteroatoms. The van der Waals surface area contributed by atoms with Crippen molar-refractivity contribution in [2.45, 2.75) is 13.8 Å². The van der Waals surface area contributed by atoms with Crippen LogP contribution < -0.4 is 16.8 Å². The van der Waals surface area contributed by atoms with E-state index in [0.29, 0.717) is 10.7 Å². The van der Waals surface area contributed by atoms with E-state index in [1.807, 2.05) is 13.8 Å². The number of rotatable bonds is 1. The van der Waals surface area contributed by atoms with Gasteiger partial charge < -0.3 is 11.5 Å². The van der Waals surface area contributed by atoms with Gasteiger partial charge in [-0.2, -0.15) is 0 Å². The lowest BCUT2D eigenvalue weighted by Gasteiger charge is -2.07. The molecule has 86 valence electrons. The summed E-state index contributed by atoms with van der Waals surface area (Å²) in [6.45, 7) is 3.71. The van der Waals surface area contributed by atoms with Gasteiger partial charge in [-0.05, 0) is 37.1 Å². The van der Waals surface area contributed by atoms with Crippen molar-refractivity contribution in [2.24, 2.45) is 16.5 Å². The Kier molecular flexibility index (Phi) is 3.73. The summed E-state index contributed by atoms with van der Waals surface area (Å²) < 4.78 is 0. The molecule has 0 atom stereocenters. The van der Waals surface area contributed by atoms with Crippen LogP contribution in [0, 0.1) is 13.8 Å². The zero-order chi connectivity index (χ0) is 12.3. The topological polar surface area (TPSA) is 93.5 Å². The first-order valence-electron chi connectivity index (χ1n) is 4.57. The lowest BCUT2D eigenvalue weighted by Crippen LogP contribution is -2.40. The lowest BCUT2D eigenvalue weighted by atomic mass is 10.1. The Bertz CT molecular complexity index is 433. The van der Waals surface area contributed by atoms with Crippen LogP contribution in [0.3, 0.4) is 0 Å². The van der Waals surface area contributed by atoms with Gasteiger partial charge in [0.25, 0.3) is 0 Å². The number of hydrogen-bond donors (Lipinski definition) is 3. The van der Waals surface area contributed by atoms with Crippen molar-refractivity contribution < 1.29 is 4.79 Å². The van der Waals surface area contributed by atoms with Crippen molar-refractivity contribution >= 4 is 29.3 Å². The molecule has 0 aliphatic heterocycles. The summed E-state index contributed by atoms with van der Waals surface area (Å²) in [6, 6.07) is 2.79. The van der Waals surface area contributed by atoms with Crippen LogP contribution >= 0.6 is 11.6 Å². The first kappa shape index (κ1) is 12.3. The maximum absolute atomic E-state index is 10.6. The van der Waals surface area contributed by atoms with Crippen LogP contribution in [0.4, 0.5) is 10.5 Å². The molecule has 0 saturated carbocycles. The molecule has 5 N–H and O–H groups in total. The Labute approximate surface area is 98.5 Å². The summed E-state index contributed by atoms with van der Waals surface area (Å²) >= 11 is 5.87. The third-order valence-corrected chi connectivity index (χ3v) is 2.16. The summed E-state index contributed by atoms with van der Waals surface area (Å²) in [5, 5.41) is 2.83. The number of carbonyl (C=O) groups excluding carboxylic acids is 1. The minimum atomic E-state index is -0.745. The molecule has 0 bridgehead atoms. The molecule has 0 heterocycles. The number of nitrogens with two attached hydrogens (primary N) is 2. The molecule has 0 spiro atoms. The van der Waals surface area contributed by atoms with E-state index in [0.717, 1.165) is 11.1 Å². The average Bonchev–Trinajstić information content (AvgIpc) is 2.09. The van der Waals surface area contributed by atoms with Gasteiger partial charge in [0, 0.05) is 5.02 Å². The Hall–Kier alpha value is -1.75. The van der Waals surface area contributed by atoms with Gasteiger partial charge in [-0.15, -0.1) is 0 Å². The minimum absolute atomic E-state index is 0.0407. The molecule has 0 aromatic heterocycles. The quantitative estimate of drug-likeness (QED) is 0.513. The lowest BCUT2D eigenvalue weighted by molar-refractivity contribution is 0.253. The molecule has 0 saturated heterocycles. The highest BCUT2D eigenvalue weighted by Crippen LogP contribution is 2.27. The number of urea groups is 1. The standard InChI is InChI=1S/C10H13ClN4O/c1-5-3-7(11)4-6(2)8(5)14-9(12)15-10(13)16/h3-4H,1-2H3,(H5,12,13,14,15,16). The fourth-order valence-electron chi connectivity index (χ4n) is 1.35. The third kappa shape index (κ3) is 3.13. The number of amides is 2. The van der Waals surface area contributed by atoms with Crippen molar-refractivity contribution in [1.82, 2.24) is 5.32 Å². The highest BCUT2D eigenvalue weighted by Gasteiger charge is 2.04. The molecule has 1 aromatic rings. The predicted molar refractivity (Wildman–Crippen MR) is 64.9 cm³/mol. The zero-order valence-corrected chi connectivity index (χ0v) is 9.80. The van der Waals surface area contributed by atoms with Crippen LogP contribution in [-0.2, 0) is 0 Å². The highest BCUT2D eigenvalue weighted by molar-refractivity contribution is 6.30. The second-order valence-electron chi connectivity index (χ2n) is 3.37. The molecule has 1 rings (SSSR count). The molecule has 5 nitrogen and oxygen atoms in total. The number of nitrogens with zero attached hydrogens (tertiary/aromatic N) is 1. The molecule has 1 aromatic carbocycles. The Balaban J connectivity index is 3.10. The van der Waals surface area contributed by atoms with Gasteiger partial charge in [0.05, 0.1) is 5.69 Å². The van der Waals surface area contributed by atoms with Gasteiger partial charge in [-0.25, -0.2) is 9.79 Å². The third-order valence-electron chi connectivity index (χ3n) is 1.94. The van der Waals surface area contributed by atoms with Crippen LogP contribution in [-0.4, -0.2) is 12.0 Å². The Morgan fingerprint density at radius 1 is 1.31 bits per heavy atom. The maximum atomic E-state index is 10.6. The van der Waals surface area contributed by atoms with Crippen molar-refractivity contribution in [3.05, 3.63) is 28.3 Å². The summed E-state index contributed by atoms with van der Waals surface area (Å²) in [4.78, 5) is 14.6. The molecule has 0 radical (unpaired) electrons. The number of primary amides is 1. The van der Waals surface area contributed by atoms with Gasteiger partial charge in [-0.3, -0.25) is 5.32 Å². The van der Waals surface area contributed by atoms with E-state index in [4.69, 9.17) is 23.1 Å². The highest BCUT2D eigenvalue weighted by atomic mass is 35.5. The average molecular weight is 241 g/mol. The van der Waals surface area contributed by atoms with Crippen molar-refractivity contribution in [1.29, 1.82) is 0 Å². The van der Waals surface area contributed by atoms with Gasteiger partial charge in [0.2, 0.25) is 5.96 Å². The van der Waals surface area contributed by atoms with Crippen LogP contribution in [0.1, 0.15) is 11.1 Å². The van der Waals surface area contributed by atoms with Gasteiger partial charge >= 0.3 is 6.03 Å². The molecule has 0 aliphatic carbocycles. The molecule has 16 heavy (non-hydrogen) atoms. The molecule has 0 unspecified atom stereocenters. The van der Waals surface area contributed by atoms with E-state index in [9.17, 15) is 4.79 Å². The predicted octanol–water partition coefficient (Wildman–Crippen LogP) is 1.57. The van der Waals surface area contributed by atoms with Crippen molar-refractivity contribution in [2.75, 3.05) is 0 Å². The molecular formula is C10H13ClN4O. The number of aliphatic imine (C=N–C) groups is 1. The second-order valence-corrected chi connectivity index (χ2v) is 3.81. The number of guanidine groups is 1. The minimum Gasteiger partial charge on any atom is -0.369 e. The Morgan fingerprint density at radius 3 is 2.25 bits per heavy atom. The fourth-order valence-corrected chi connectivity index (χ4v) is 1.68. The van der Waals surface area contributed by atoms with E-state index in [1.165, 1.54) is 0 Å². The largest absolute Gasteiger partial charge is 0.369 e. The summed E-state index contributed by atoms with van der Waals surface area (Å²) in [5.41, 5.74) is 12.8. The van der Waals surface area contributed by atoms with Crippen LogP contribution in [0.5, 0.6) is 0 Å². The summed E-state index contributed by atoms with van der Waals surface area (Å²) in [6.07, 6.45) is 0. The van der Waals surface area contributed by atoms with E-state index >= 15 is 0 Å². The molecular weight excluding hydrogens is 228 g/mol. The molecule has 2 amide bonds. The van der Waals surface area contributed by atoms with E-state index < -0.39 is 6.03 Å². The Morgan fingerprint density at radius 2 is 1.81 bits per heavy atom. The smallest absolute Gasteiger partial charge is 0.318 e. The monoisotopic (exact) mass is 240 g/mol. The molecule has 0 fully saturated rings. The van der Waals surface area contributed by atoms with E-state index in [2.05, 4.69) is 10.3 Å². The van der Waals surface area contributed by atoms with Crippen molar-refractivity contribution in [3.8, 4) is 0 Å².